The number of rotatable bonds is 1. The Labute approximate surface area is 74.9 Å². The van der Waals surface area contributed by atoms with Crippen LogP contribution in [0, 0.1) is 0 Å². The second-order valence-corrected chi connectivity index (χ2v) is 2.90. The van der Waals surface area contributed by atoms with Gasteiger partial charge in [0.25, 0.3) is 0 Å². The van der Waals surface area contributed by atoms with Crippen LogP contribution in [0.5, 0.6) is 0 Å². The molecule has 0 radical (unpaired) electrons. The Morgan fingerprint density at radius 3 is 2.55 bits per heavy atom. The molecule has 0 saturated heterocycles. The van der Waals surface area contributed by atoms with Crippen molar-refractivity contribution in [2.45, 2.75) is 6.92 Å². The molecule has 0 unspecified atom stereocenters. The molecule has 0 bridgehead atoms. The Bertz CT molecular complexity index is 296. The van der Waals surface area contributed by atoms with E-state index in [1.807, 2.05) is 6.92 Å². The summed E-state index contributed by atoms with van der Waals surface area (Å²) in [5.74, 6) is 0. The molecule has 0 spiro atoms. The fourth-order valence-electron chi connectivity index (χ4n) is 0.652. The van der Waals surface area contributed by atoms with Crippen LogP contribution in [0.1, 0.15) is 12.5 Å². The number of nitrogens with zero attached hydrogens (tertiary/aromatic N) is 2. The zero-order valence-electron chi connectivity index (χ0n) is 5.93. The van der Waals surface area contributed by atoms with Crippen LogP contribution >= 0.6 is 23.2 Å². The van der Waals surface area contributed by atoms with E-state index >= 15 is 0 Å². The highest BCUT2D eigenvalue weighted by Gasteiger charge is 2.03. The molecule has 11 heavy (non-hydrogen) atoms. The van der Waals surface area contributed by atoms with Crippen molar-refractivity contribution >= 4 is 28.8 Å². The molecule has 0 aliphatic rings. The molecule has 1 heterocycles. The highest BCUT2D eigenvalue weighted by Crippen LogP contribution is 2.21. The van der Waals surface area contributed by atoms with Gasteiger partial charge < -0.3 is 0 Å². The van der Waals surface area contributed by atoms with Gasteiger partial charge in [-0.1, -0.05) is 29.8 Å². The van der Waals surface area contributed by atoms with Gasteiger partial charge >= 0.3 is 0 Å². The average Bonchev–Trinajstić information content (AvgIpc) is 1.94. The molecule has 58 valence electrons. The molecule has 0 saturated carbocycles. The normalized spacial score (nSPS) is 9.73. The highest BCUT2D eigenvalue weighted by atomic mass is 35.5. The second-order valence-electron chi connectivity index (χ2n) is 2.15. The average molecular weight is 189 g/mol. The molecule has 4 heteroatoms. The van der Waals surface area contributed by atoms with Crippen molar-refractivity contribution in [1.82, 2.24) is 10.2 Å². The highest BCUT2D eigenvalue weighted by molar-refractivity contribution is 6.32. The minimum absolute atomic E-state index is 0.326. The van der Waals surface area contributed by atoms with Crippen molar-refractivity contribution in [3.63, 3.8) is 0 Å². The van der Waals surface area contributed by atoms with Crippen LogP contribution < -0.4 is 0 Å². The molecule has 0 aliphatic carbocycles. The van der Waals surface area contributed by atoms with Gasteiger partial charge in [-0.05, 0) is 18.6 Å². The molecular formula is C7H6Cl2N2. The maximum absolute atomic E-state index is 5.70. The van der Waals surface area contributed by atoms with E-state index in [0.29, 0.717) is 10.3 Å². The van der Waals surface area contributed by atoms with E-state index in [9.17, 15) is 0 Å². The lowest BCUT2D eigenvalue weighted by molar-refractivity contribution is 1.03. The zero-order chi connectivity index (χ0) is 8.43. The number of aromatic nitrogens is 2. The first-order valence-electron chi connectivity index (χ1n) is 2.96. The van der Waals surface area contributed by atoms with Crippen molar-refractivity contribution in [3.05, 3.63) is 28.5 Å². The monoisotopic (exact) mass is 188 g/mol. The molecule has 0 N–H and O–H groups in total. The zero-order valence-corrected chi connectivity index (χ0v) is 7.45. The molecule has 1 aromatic heterocycles. The topological polar surface area (TPSA) is 25.8 Å². The van der Waals surface area contributed by atoms with Crippen LogP contribution in [0.15, 0.2) is 12.6 Å². The predicted molar refractivity (Wildman–Crippen MR) is 46.8 cm³/mol. The Morgan fingerprint density at radius 2 is 2.09 bits per heavy atom. The van der Waals surface area contributed by atoms with Gasteiger partial charge in [0.1, 0.15) is 0 Å². The number of allylic oxidation sites excluding steroid dienone is 1. The van der Waals surface area contributed by atoms with Gasteiger partial charge in [-0.2, -0.15) is 0 Å². The standard InChI is InChI=1S/C7H6Cl2N2/c1-4(2)5-3-6(8)10-11-7(5)9/h3H,1H2,2H3. The first kappa shape index (κ1) is 8.50. The van der Waals surface area contributed by atoms with Gasteiger partial charge in [0, 0.05) is 5.56 Å². The van der Waals surface area contributed by atoms with Crippen molar-refractivity contribution in [1.29, 1.82) is 0 Å². The van der Waals surface area contributed by atoms with E-state index in [1.165, 1.54) is 0 Å². The van der Waals surface area contributed by atoms with E-state index in [2.05, 4.69) is 16.8 Å². The molecule has 0 aromatic carbocycles. The van der Waals surface area contributed by atoms with Crippen LogP contribution in [0.25, 0.3) is 5.57 Å². The third-order valence-electron chi connectivity index (χ3n) is 1.18. The summed E-state index contributed by atoms with van der Waals surface area (Å²) in [6.45, 7) is 5.55. The van der Waals surface area contributed by atoms with Crippen LogP contribution in [0.4, 0.5) is 0 Å². The van der Waals surface area contributed by atoms with E-state index in [-0.39, 0.29) is 0 Å². The van der Waals surface area contributed by atoms with Crippen LogP contribution in [0.2, 0.25) is 10.3 Å². The largest absolute Gasteiger partial charge is 0.159 e. The SMILES string of the molecule is C=C(C)c1cc(Cl)nnc1Cl. The lowest BCUT2D eigenvalue weighted by atomic mass is 10.2. The van der Waals surface area contributed by atoms with Gasteiger partial charge in [-0.25, -0.2) is 0 Å². The maximum atomic E-state index is 5.70. The van der Waals surface area contributed by atoms with Gasteiger partial charge in [0.15, 0.2) is 10.3 Å². The van der Waals surface area contributed by atoms with Crippen LogP contribution in [-0.4, -0.2) is 10.2 Å². The quantitative estimate of drug-likeness (QED) is 0.678. The van der Waals surface area contributed by atoms with Crippen LogP contribution in [0.3, 0.4) is 0 Å². The molecule has 0 fully saturated rings. The number of halogens is 2. The summed E-state index contributed by atoms with van der Waals surface area (Å²) < 4.78 is 0. The molecule has 0 aliphatic heterocycles. The number of hydrogen-bond acceptors (Lipinski definition) is 2. The summed E-state index contributed by atoms with van der Waals surface area (Å²) in [7, 11) is 0. The molecule has 1 aromatic rings. The predicted octanol–water partition coefficient (Wildman–Crippen LogP) is 2.82. The van der Waals surface area contributed by atoms with Gasteiger partial charge in [-0.3, -0.25) is 0 Å². The van der Waals surface area contributed by atoms with Gasteiger partial charge in [-0.15, -0.1) is 10.2 Å². The van der Waals surface area contributed by atoms with Gasteiger partial charge in [0.05, 0.1) is 0 Å². The smallest absolute Gasteiger partial charge is 0.137 e. The van der Waals surface area contributed by atoms with Gasteiger partial charge in [0.2, 0.25) is 0 Å². The third-order valence-corrected chi connectivity index (χ3v) is 1.64. The Hall–Kier alpha value is -0.600. The van der Waals surface area contributed by atoms with E-state index < -0.39 is 0 Å². The van der Waals surface area contributed by atoms with Crippen molar-refractivity contribution in [2.24, 2.45) is 0 Å². The van der Waals surface area contributed by atoms with E-state index in [1.54, 1.807) is 6.07 Å². The Balaban J connectivity index is 3.23. The van der Waals surface area contributed by atoms with Crippen molar-refractivity contribution < 1.29 is 0 Å². The van der Waals surface area contributed by atoms with Crippen LogP contribution in [-0.2, 0) is 0 Å². The number of hydrogen-bond donors (Lipinski definition) is 0. The van der Waals surface area contributed by atoms with Crippen molar-refractivity contribution in [3.8, 4) is 0 Å². The Morgan fingerprint density at radius 1 is 1.45 bits per heavy atom. The summed E-state index contributed by atoms with van der Waals surface area (Å²) >= 11 is 11.3. The van der Waals surface area contributed by atoms with E-state index in [0.717, 1.165) is 11.1 Å². The third kappa shape index (κ3) is 1.91. The summed E-state index contributed by atoms with van der Waals surface area (Å²) in [6, 6.07) is 1.64. The van der Waals surface area contributed by atoms with E-state index in [4.69, 9.17) is 23.2 Å². The first-order valence-corrected chi connectivity index (χ1v) is 3.71. The summed E-state index contributed by atoms with van der Waals surface area (Å²) in [5.41, 5.74) is 1.57. The molecular weight excluding hydrogens is 183 g/mol. The molecule has 1 rings (SSSR count). The summed E-state index contributed by atoms with van der Waals surface area (Å²) in [6.07, 6.45) is 0. The fraction of sp³-hybridized carbons (Fsp3) is 0.143. The fourth-order valence-corrected chi connectivity index (χ4v) is 1.05. The summed E-state index contributed by atoms with van der Waals surface area (Å²) in [4.78, 5) is 0. The molecule has 0 atom stereocenters. The lowest BCUT2D eigenvalue weighted by Crippen LogP contribution is -1.88. The Kier molecular flexibility index (Phi) is 2.47. The van der Waals surface area contributed by atoms with Crippen molar-refractivity contribution in [2.75, 3.05) is 0 Å². The minimum Gasteiger partial charge on any atom is -0.137 e. The summed E-state index contributed by atoms with van der Waals surface area (Å²) in [5, 5.41) is 7.85. The second kappa shape index (κ2) is 3.20. The lowest BCUT2D eigenvalue weighted by Gasteiger charge is -1.99. The first-order chi connectivity index (χ1) is 5.11. The molecule has 2 nitrogen and oxygen atoms in total. The maximum Gasteiger partial charge on any atom is 0.159 e. The minimum atomic E-state index is 0.326. The molecule has 0 amide bonds.